The number of hydrogen-bond donors (Lipinski definition) is 1. The Labute approximate surface area is 209 Å². The van der Waals surface area contributed by atoms with Crippen LogP contribution in [-0.2, 0) is 26.2 Å². The predicted octanol–water partition coefficient (Wildman–Crippen LogP) is 3.49. The summed E-state index contributed by atoms with van der Waals surface area (Å²) in [5.74, 6) is 0.249. The van der Waals surface area contributed by atoms with E-state index in [1.54, 1.807) is 26.2 Å². The van der Waals surface area contributed by atoms with Gasteiger partial charge in [0.15, 0.2) is 0 Å². The van der Waals surface area contributed by atoms with Crippen LogP contribution >= 0.6 is 0 Å². The highest BCUT2D eigenvalue weighted by atomic mass is 32.2. The lowest BCUT2D eigenvalue weighted by atomic mass is 10.1. The van der Waals surface area contributed by atoms with Crippen molar-refractivity contribution in [3.63, 3.8) is 0 Å². The minimum atomic E-state index is -3.52. The maximum atomic E-state index is 13.3. The van der Waals surface area contributed by atoms with Crippen LogP contribution in [0.25, 0.3) is 0 Å². The molecule has 0 saturated heterocycles. The molecular formula is C26H37N3O5S. The lowest BCUT2D eigenvalue weighted by Gasteiger charge is -2.30. The Morgan fingerprint density at radius 3 is 2.20 bits per heavy atom. The van der Waals surface area contributed by atoms with E-state index < -0.39 is 16.1 Å². The molecule has 0 aromatic heterocycles. The molecule has 0 radical (unpaired) electrons. The van der Waals surface area contributed by atoms with Crippen LogP contribution in [0.5, 0.6) is 5.75 Å². The van der Waals surface area contributed by atoms with Gasteiger partial charge in [-0.1, -0.05) is 30.3 Å². The Kier molecular flexibility index (Phi) is 10.1. The van der Waals surface area contributed by atoms with Crippen LogP contribution in [-0.4, -0.2) is 57.1 Å². The number of ether oxygens (including phenoxy) is 1. The van der Waals surface area contributed by atoms with Crippen molar-refractivity contribution in [2.75, 3.05) is 24.2 Å². The maximum Gasteiger partial charge on any atom is 0.242 e. The standard InChI is InChI=1S/C26H37N3O5S/c1-19(2)27-26(31)21(4)28(18-22-13-15-23(34-5)16-14-22)25(30)12-9-17-29(35(6,32)33)24-11-8-7-10-20(24)3/h7-8,10-11,13-16,19,21H,9,12,17-18H2,1-6H3,(H,27,31)/t21-/m1/s1. The van der Waals surface area contributed by atoms with E-state index in [1.807, 2.05) is 57.2 Å². The van der Waals surface area contributed by atoms with Crippen LogP contribution in [0.1, 0.15) is 44.7 Å². The molecule has 0 unspecified atom stereocenters. The van der Waals surface area contributed by atoms with E-state index >= 15 is 0 Å². The number of rotatable bonds is 12. The van der Waals surface area contributed by atoms with Crippen molar-refractivity contribution in [3.05, 3.63) is 59.7 Å². The Morgan fingerprint density at radius 2 is 1.66 bits per heavy atom. The number of benzene rings is 2. The van der Waals surface area contributed by atoms with Gasteiger partial charge in [0.25, 0.3) is 0 Å². The van der Waals surface area contributed by atoms with E-state index in [0.29, 0.717) is 17.9 Å². The molecule has 0 aliphatic carbocycles. The van der Waals surface area contributed by atoms with Crippen molar-refractivity contribution in [1.29, 1.82) is 0 Å². The van der Waals surface area contributed by atoms with Crippen molar-refractivity contribution in [2.45, 2.75) is 59.2 Å². The summed E-state index contributed by atoms with van der Waals surface area (Å²) in [6.07, 6.45) is 1.58. The minimum absolute atomic E-state index is 0.0553. The number of sulfonamides is 1. The molecule has 0 spiro atoms. The number of nitrogens with zero attached hydrogens (tertiary/aromatic N) is 2. The van der Waals surface area contributed by atoms with Gasteiger partial charge >= 0.3 is 0 Å². The summed E-state index contributed by atoms with van der Waals surface area (Å²) in [4.78, 5) is 27.5. The minimum Gasteiger partial charge on any atom is -0.497 e. The molecule has 2 amide bonds. The van der Waals surface area contributed by atoms with Crippen LogP contribution in [0, 0.1) is 6.92 Å². The van der Waals surface area contributed by atoms with Crippen LogP contribution in [0.3, 0.4) is 0 Å². The van der Waals surface area contributed by atoms with Gasteiger partial charge in [0.05, 0.1) is 19.1 Å². The number of aryl methyl sites for hydroxylation is 1. The molecule has 1 N–H and O–H groups in total. The monoisotopic (exact) mass is 503 g/mol. The molecule has 1 atom stereocenters. The van der Waals surface area contributed by atoms with E-state index in [-0.39, 0.29) is 37.4 Å². The number of anilines is 1. The van der Waals surface area contributed by atoms with Crippen LogP contribution in [0.4, 0.5) is 5.69 Å². The molecule has 0 aliphatic rings. The number of carbonyl (C=O) groups is 2. The maximum absolute atomic E-state index is 13.3. The second kappa shape index (κ2) is 12.6. The molecule has 0 aliphatic heterocycles. The number of methoxy groups -OCH3 is 1. The Morgan fingerprint density at radius 1 is 1.03 bits per heavy atom. The second-order valence-electron chi connectivity index (χ2n) is 8.93. The van der Waals surface area contributed by atoms with E-state index in [2.05, 4.69) is 5.32 Å². The Balaban J connectivity index is 2.18. The van der Waals surface area contributed by atoms with Gasteiger partial charge in [0.2, 0.25) is 21.8 Å². The SMILES string of the molecule is COc1ccc(CN(C(=O)CCCN(c2ccccc2C)S(C)(=O)=O)[C@H](C)C(=O)NC(C)C)cc1. The molecule has 9 heteroatoms. The van der Waals surface area contributed by atoms with Crippen molar-refractivity contribution in [1.82, 2.24) is 10.2 Å². The van der Waals surface area contributed by atoms with Gasteiger partial charge in [0, 0.05) is 25.6 Å². The smallest absolute Gasteiger partial charge is 0.242 e. The molecule has 8 nitrogen and oxygen atoms in total. The van der Waals surface area contributed by atoms with Gasteiger partial charge < -0.3 is 15.0 Å². The largest absolute Gasteiger partial charge is 0.497 e. The van der Waals surface area contributed by atoms with Gasteiger partial charge in [-0.05, 0) is 63.4 Å². The third-order valence-electron chi connectivity index (χ3n) is 5.65. The number of amides is 2. The summed E-state index contributed by atoms with van der Waals surface area (Å²) in [5.41, 5.74) is 2.30. The highest BCUT2D eigenvalue weighted by molar-refractivity contribution is 7.92. The molecule has 192 valence electrons. The molecule has 2 aromatic rings. The first kappa shape index (κ1) is 28.2. The predicted molar refractivity (Wildman–Crippen MR) is 139 cm³/mol. The lowest BCUT2D eigenvalue weighted by molar-refractivity contribution is -0.140. The van der Waals surface area contributed by atoms with Crippen LogP contribution in [0.15, 0.2) is 48.5 Å². The molecule has 0 heterocycles. The summed E-state index contributed by atoms with van der Waals surface area (Å²) in [5, 5.41) is 2.86. The summed E-state index contributed by atoms with van der Waals surface area (Å²) in [6.45, 7) is 7.71. The average Bonchev–Trinajstić information content (AvgIpc) is 2.79. The first-order chi connectivity index (χ1) is 16.4. The van der Waals surface area contributed by atoms with E-state index in [4.69, 9.17) is 4.74 Å². The van der Waals surface area contributed by atoms with Crippen LogP contribution < -0.4 is 14.4 Å². The molecule has 35 heavy (non-hydrogen) atoms. The number of para-hydroxylation sites is 1. The van der Waals surface area contributed by atoms with Gasteiger partial charge in [-0.3, -0.25) is 13.9 Å². The normalized spacial score (nSPS) is 12.2. The van der Waals surface area contributed by atoms with E-state index in [1.165, 1.54) is 9.21 Å². The van der Waals surface area contributed by atoms with Crippen LogP contribution in [0.2, 0.25) is 0 Å². The zero-order valence-corrected chi connectivity index (χ0v) is 22.3. The van der Waals surface area contributed by atoms with Gasteiger partial charge in [-0.15, -0.1) is 0 Å². The third-order valence-corrected chi connectivity index (χ3v) is 6.83. The number of nitrogens with one attached hydrogen (secondary N) is 1. The topological polar surface area (TPSA) is 96.0 Å². The van der Waals surface area contributed by atoms with E-state index in [9.17, 15) is 18.0 Å². The Bertz CT molecular complexity index is 1100. The highest BCUT2D eigenvalue weighted by Gasteiger charge is 2.27. The van der Waals surface area contributed by atoms with Gasteiger partial charge in [0.1, 0.15) is 11.8 Å². The summed E-state index contributed by atoms with van der Waals surface area (Å²) in [7, 11) is -1.94. The first-order valence-corrected chi connectivity index (χ1v) is 13.5. The molecule has 0 saturated carbocycles. The quantitative estimate of drug-likeness (QED) is 0.478. The fourth-order valence-corrected chi connectivity index (χ4v) is 4.76. The summed E-state index contributed by atoms with van der Waals surface area (Å²) < 4.78 is 31.4. The van der Waals surface area contributed by atoms with Crippen molar-refractivity contribution in [3.8, 4) is 5.75 Å². The van der Waals surface area contributed by atoms with Gasteiger partial charge in [-0.25, -0.2) is 8.42 Å². The summed E-state index contributed by atoms with van der Waals surface area (Å²) >= 11 is 0. The molecule has 0 fully saturated rings. The van der Waals surface area contributed by atoms with E-state index in [0.717, 1.165) is 17.4 Å². The molecule has 0 bridgehead atoms. The van der Waals surface area contributed by atoms with Crippen molar-refractivity contribution in [2.24, 2.45) is 0 Å². The average molecular weight is 504 g/mol. The Hall–Kier alpha value is -3.07. The molecule has 2 rings (SSSR count). The fraction of sp³-hybridized carbons (Fsp3) is 0.462. The zero-order chi connectivity index (χ0) is 26.2. The third kappa shape index (κ3) is 8.28. The number of hydrogen-bond acceptors (Lipinski definition) is 5. The molecular weight excluding hydrogens is 466 g/mol. The second-order valence-corrected chi connectivity index (χ2v) is 10.8. The van der Waals surface area contributed by atoms with Crippen molar-refractivity contribution >= 4 is 27.5 Å². The molecule has 2 aromatic carbocycles. The summed E-state index contributed by atoms with van der Waals surface area (Å²) in [6, 6.07) is 13.8. The highest BCUT2D eigenvalue weighted by Crippen LogP contribution is 2.23. The lowest BCUT2D eigenvalue weighted by Crippen LogP contribution is -2.49. The first-order valence-electron chi connectivity index (χ1n) is 11.7. The van der Waals surface area contributed by atoms with Crippen molar-refractivity contribution < 1.29 is 22.7 Å². The number of carbonyl (C=O) groups excluding carboxylic acids is 2. The fourth-order valence-electron chi connectivity index (χ4n) is 3.74. The zero-order valence-electron chi connectivity index (χ0n) is 21.4. The van der Waals surface area contributed by atoms with Gasteiger partial charge in [-0.2, -0.15) is 0 Å².